The lowest BCUT2D eigenvalue weighted by molar-refractivity contribution is -0.118. The van der Waals surface area contributed by atoms with Crippen LogP contribution in [0.4, 0.5) is 0 Å². The highest BCUT2D eigenvalue weighted by molar-refractivity contribution is 6.31. The Bertz CT molecular complexity index is 461. The molecule has 17 heavy (non-hydrogen) atoms. The van der Waals surface area contributed by atoms with E-state index in [0.717, 1.165) is 30.0 Å². The third-order valence-electron chi connectivity index (χ3n) is 4.10. The van der Waals surface area contributed by atoms with Gasteiger partial charge in [-0.25, -0.2) is 0 Å². The van der Waals surface area contributed by atoms with Crippen LogP contribution < -0.4 is 0 Å². The first-order valence-corrected chi connectivity index (χ1v) is 6.57. The largest absolute Gasteiger partial charge is 0.299 e. The Hall–Kier alpha value is -0.860. The normalized spacial score (nSPS) is 33.3. The van der Waals surface area contributed by atoms with Crippen molar-refractivity contribution in [1.82, 2.24) is 4.90 Å². The standard InChI is InChI=1S/C14H16ClNO/c1-16-7-6-13(17)14-11-4-3-10(15)8-9(11)2-5-12(14)16/h3-4,8-9,12H,2,5-7H2,1H3/t9?,12-/m0/s1. The molecule has 0 aromatic rings. The van der Waals surface area contributed by atoms with Crippen molar-refractivity contribution < 1.29 is 4.79 Å². The molecule has 0 saturated carbocycles. The van der Waals surface area contributed by atoms with Crippen LogP contribution in [0.25, 0.3) is 0 Å². The summed E-state index contributed by atoms with van der Waals surface area (Å²) in [6.07, 6.45) is 8.87. The highest BCUT2D eigenvalue weighted by Gasteiger charge is 2.37. The molecule has 0 amide bonds. The summed E-state index contributed by atoms with van der Waals surface area (Å²) in [5.41, 5.74) is 2.26. The average Bonchev–Trinajstić information content (AvgIpc) is 2.32. The minimum atomic E-state index is 0.331. The lowest BCUT2D eigenvalue weighted by atomic mass is 9.74. The fourth-order valence-corrected chi connectivity index (χ4v) is 3.40. The summed E-state index contributed by atoms with van der Waals surface area (Å²) in [4.78, 5) is 14.5. The third-order valence-corrected chi connectivity index (χ3v) is 4.35. The Balaban J connectivity index is 2.07. The van der Waals surface area contributed by atoms with Crippen LogP contribution in [0.2, 0.25) is 0 Å². The molecule has 2 aliphatic carbocycles. The van der Waals surface area contributed by atoms with Crippen LogP contribution in [-0.2, 0) is 4.79 Å². The minimum absolute atomic E-state index is 0.331. The van der Waals surface area contributed by atoms with Crippen molar-refractivity contribution in [3.8, 4) is 0 Å². The van der Waals surface area contributed by atoms with E-state index in [-0.39, 0.29) is 0 Å². The van der Waals surface area contributed by atoms with E-state index in [1.807, 2.05) is 12.2 Å². The Kier molecular flexibility index (Phi) is 2.72. The molecule has 1 aliphatic heterocycles. The first kappa shape index (κ1) is 11.2. The Morgan fingerprint density at radius 3 is 3.00 bits per heavy atom. The first-order valence-electron chi connectivity index (χ1n) is 6.19. The highest BCUT2D eigenvalue weighted by Crippen LogP contribution is 2.40. The van der Waals surface area contributed by atoms with E-state index in [9.17, 15) is 4.79 Å². The van der Waals surface area contributed by atoms with E-state index in [1.54, 1.807) is 0 Å². The summed E-state index contributed by atoms with van der Waals surface area (Å²) in [6.45, 7) is 0.894. The van der Waals surface area contributed by atoms with E-state index < -0.39 is 0 Å². The molecule has 1 heterocycles. The van der Waals surface area contributed by atoms with Gasteiger partial charge in [-0.3, -0.25) is 9.69 Å². The second kappa shape index (κ2) is 4.11. The maximum Gasteiger partial charge on any atom is 0.162 e. The number of rotatable bonds is 0. The summed E-state index contributed by atoms with van der Waals surface area (Å²) in [5, 5.41) is 0.800. The molecule has 0 aromatic heterocycles. The molecule has 90 valence electrons. The summed E-state index contributed by atoms with van der Waals surface area (Å²) < 4.78 is 0. The number of hydrogen-bond donors (Lipinski definition) is 0. The zero-order chi connectivity index (χ0) is 12.0. The second-order valence-corrected chi connectivity index (χ2v) is 5.54. The number of nitrogens with zero attached hydrogens (tertiary/aromatic N) is 1. The molecule has 0 bridgehead atoms. The number of ketones is 1. The smallest absolute Gasteiger partial charge is 0.162 e. The minimum Gasteiger partial charge on any atom is -0.299 e. The van der Waals surface area contributed by atoms with Crippen molar-refractivity contribution in [2.75, 3.05) is 13.6 Å². The van der Waals surface area contributed by atoms with Crippen molar-refractivity contribution in [2.45, 2.75) is 25.3 Å². The molecule has 3 heteroatoms. The van der Waals surface area contributed by atoms with Crippen LogP contribution >= 0.6 is 11.6 Å². The molecule has 2 nitrogen and oxygen atoms in total. The molecule has 3 aliphatic rings. The summed E-state index contributed by atoms with van der Waals surface area (Å²) >= 11 is 6.03. The number of carbonyl (C=O) groups is 1. The lowest BCUT2D eigenvalue weighted by Gasteiger charge is -2.40. The van der Waals surface area contributed by atoms with Gasteiger partial charge in [-0.2, -0.15) is 0 Å². The molecule has 0 spiro atoms. The number of likely N-dealkylation sites (tertiary alicyclic amines) is 1. The third kappa shape index (κ3) is 1.80. The number of piperidine rings is 1. The number of hydrogen-bond acceptors (Lipinski definition) is 2. The zero-order valence-electron chi connectivity index (χ0n) is 9.95. The SMILES string of the molecule is CN1CCC(=O)C2=C3C=CC(Cl)=CC3CC[C@@H]21. The van der Waals surface area contributed by atoms with Crippen LogP contribution in [0.3, 0.4) is 0 Å². The van der Waals surface area contributed by atoms with Gasteiger partial charge in [-0.05, 0) is 31.5 Å². The predicted molar refractivity (Wildman–Crippen MR) is 68.9 cm³/mol. The van der Waals surface area contributed by atoms with E-state index in [4.69, 9.17) is 11.6 Å². The first-order chi connectivity index (χ1) is 8.16. The monoisotopic (exact) mass is 249 g/mol. The van der Waals surface area contributed by atoms with E-state index in [1.165, 1.54) is 5.57 Å². The van der Waals surface area contributed by atoms with Crippen molar-refractivity contribution in [2.24, 2.45) is 5.92 Å². The molecule has 2 atom stereocenters. The maximum absolute atomic E-state index is 12.1. The van der Waals surface area contributed by atoms with Gasteiger partial charge in [-0.1, -0.05) is 23.8 Å². The van der Waals surface area contributed by atoms with Crippen molar-refractivity contribution in [3.05, 3.63) is 34.4 Å². The fraction of sp³-hybridized carbons (Fsp3) is 0.500. The van der Waals surface area contributed by atoms with Gasteiger partial charge in [0.1, 0.15) is 0 Å². The topological polar surface area (TPSA) is 20.3 Å². The van der Waals surface area contributed by atoms with Gasteiger partial charge in [0.05, 0.1) is 0 Å². The summed E-state index contributed by atoms with van der Waals surface area (Å²) in [7, 11) is 2.12. The van der Waals surface area contributed by atoms with Crippen LogP contribution in [0.1, 0.15) is 19.3 Å². The summed E-state index contributed by atoms with van der Waals surface area (Å²) in [6, 6.07) is 0.331. The molecule has 1 saturated heterocycles. The molecule has 0 N–H and O–H groups in total. The van der Waals surface area contributed by atoms with Crippen LogP contribution in [0.15, 0.2) is 34.4 Å². The molecule has 1 fully saturated rings. The van der Waals surface area contributed by atoms with E-state index >= 15 is 0 Å². The van der Waals surface area contributed by atoms with Crippen LogP contribution in [0.5, 0.6) is 0 Å². The van der Waals surface area contributed by atoms with Crippen molar-refractivity contribution in [1.29, 1.82) is 0 Å². The molecule has 0 aromatic carbocycles. The van der Waals surface area contributed by atoms with Crippen LogP contribution in [-0.4, -0.2) is 30.3 Å². The number of carbonyl (C=O) groups excluding carboxylic acids is 1. The molecule has 0 radical (unpaired) electrons. The molecule has 3 rings (SSSR count). The van der Waals surface area contributed by atoms with E-state index in [0.29, 0.717) is 24.2 Å². The number of Topliss-reactive ketones (excluding diaryl/α,β-unsaturated/α-hetero) is 1. The fourth-order valence-electron chi connectivity index (χ4n) is 3.19. The van der Waals surface area contributed by atoms with E-state index in [2.05, 4.69) is 18.0 Å². The van der Waals surface area contributed by atoms with Gasteiger partial charge >= 0.3 is 0 Å². The van der Waals surface area contributed by atoms with Gasteiger partial charge in [0.15, 0.2) is 5.78 Å². The quantitative estimate of drug-likeness (QED) is 0.658. The van der Waals surface area contributed by atoms with Gasteiger partial charge in [-0.15, -0.1) is 0 Å². The van der Waals surface area contributed by atoms with Crippen molar-refractivity contribution in [3.63, 3.8) is 0 Å². The lowest BCUT2D eigenvalue weighted by Crippen LogP contribution is -2.45. The molecule has 1 unspecified atom stereocenters. The second-order valence-electron chi connectivity index (χ2n) is 5.11. The average molecular weight is 250 g/mol. The Labute approximate surface area is 107 Å². The Morgan fingerprint density at radius 1 is 1.35 bits per heavy atom. The number of allylic oxidation sites excluding steroid dienone is 5. The number of likely N-dealkylation sites (N-methyl/N-ethyl adjacent to an activating group) is 1. The molecular weight excluding hydrogens is 234 g/mol. The van der Waals surface area contributed by atoms with Crippen LogP contribution in [0, 0.1) is 5.92 Å². The molecular formula is C14H16ClNO. The van der Waals surface area contributed by atoms with Crippen molar-refractivity contribution >= 4 is 17.4 Å². The highest BCUT2D eigenvalue weighted by atomic mass is 35.5. The van der Waals surface area contributed by atoms with Gasteiger partial charge in [0, 0.05) is 35.5 Å². The maximum atomic E-state index is 12.1. The number of fused-ring (bicyclic) bond motifs is 2. The van der Waals surface area contributed by atoms with Gasteiger partial charge < -0.3 is 0 Å². The Morgan fingerprint density at radius 2 is 2.18 bits per heavy atom. The summed E-state index contributed by atoms with van der Waals surface area (Å²) in [5.74, 6) is 0.693. The predicted octanol–water partition coefficient (Wildman–Crippen LogP) is 2.66. The van der Waals surface area contributed by atoms with Gasteiger partial charge in [0.2, 0.25) is 0 Å². The number of halogens is 1. The zero-order valence-corrected chi connectivity index (χ0v) is 10.7. The van der Waals surface area contributed by atoms with Gasteiger partial charge in [0.25, 0.3) is 0 Å².